The number of fused-ring (bicyclic) bond motifs is 1. The van der Waals surface area contributed by atoms with Gasteiger partial charge in [-0.3, -0.25) is 14.7 Å². The van der Waals surface area contributed by atoms with Gasteiger partial charge in [-0.05, 0) is 18.1 Å². The molecular weight excluding hydrogens is 342 g/mol. The summed E-state index contributed by atoms with van der Waals surface area (Å²) in [5.41, 5.74) is 3.41. The summed E-state index contributed by atoms with van der Waals surface area (Å²) >= 11 is 0. The summed E-state index contributed by atoms with van der Waals surface area (Å²) < 4.78 is 5.38. The highest BCUT2D eigenvalue weighted by Gasteiger charge is 2.21. The number of nitriles is 1. The number of morpholine rings is 1. The topological polar surface area (TPSA) is 85.2 Å². The summed E-state index contributed by atoms with van der Waals surface area (Å²) in [6.45, 7) is 5.14. The van der Waals surface area contributed by atoms with Crippen LogP contribution in [0.3, 0.4) is 0 Å². The minimum Gasteiger partial charge on any atom is -0.378 e. The number of ether oxygens (including phenoxy) is 1. The van der Waals surface area contributed by atoms with E-state index in [1.165, 1.54) is 0 Å². The minimum absolute atomic E-state index is 0.0271. The maximum absolute atomic E-state index is 12.6. The van der Waals surface area contributed by atoms with Crippen molar-refractivity contribution in [1.82, 2.24) is 14.9 Å². The molecule has 0 bridgehead atoms. The van der Waals surface area contributed by atoms with Crippen molar-refractivity contribution in [1.29, 1.82) is 5.26 Å². The van der Waals surface area contributed by atoms with Gasteiger partial charge >= 0.3 is 0 Å². The van der Waals surface area contributed by atoms with Crippen LogP contribution in [-0.2, 0) is 24.1 Å². The van der Waals surface area contributed by atoms with Gasteiger partial charge in [-0.2, -0.15) is 5.26 Å². The second-order valence-electron chi connectivity index (χ2n) is 6.96. The standard InChI is InChI=1S/C20H23N5O2/c21-13-15-3-1-2-4-16(15)14-24-7-5-17-18(6-8-24)22-20(23-19(17)26)25-9-11-27-12-10-25/h1-4H,5-12,14H2,(H,22,23,26). The Hall–Kier alpha value is -2.69. The van der Waals surface area contributed by atoms with Gasteiger partial charge in [0.05, 0.1) is 30.5 Å². The van der Waals surface area contributed by atoms with Gasteiger partial charge in [0.1, 0.15) is 0 Å². The summed E-state index contributed by atoms with van der Waals surface area (Å²) in [5, 5.41) is 9.30. The van der Waals surface area contributed by atoms with Crippen molar-refractivity contribution in [3.05, 3.63) is 57.0 Å². The molecule has 0 unspecified atom stereocenters. The number of aromatic nitrogens is 2. The summed E-state index contributed by atoms with van der Waals surface area (Å²) in [5.74, 6) is 0.658. The van der Waals surface area contributed by atoms with Crippen LogP contribution < -0.4 is 10.5 Å². The maximum atomic E-state index is 12.6. The first kappa shape index (κ1) is 17.7. The monoisotopic (exact) mass is 365 g/mol. The molecule has 0 saturated carbocycles. The fourth-order valence-electron chi connectivity index (χ4n) is 3.73. The van der Waals surface area contributed by atoms with Gasteiger partial charge in [-0.1, -0.05) is 18.2 Å². The third-order valence-electron chi connectivity index (χ3n) is 5.27. The first-order valence-electron chi connectivity index (χ1n) is 9.40. The van der Waals surface area contributed by atoms with Crippen LogP contribution in [0, 0.1) is 11.3 Å². The molecule has 4 rings (SSSR count). The van der Waals surface area contributed by atoms with E-state index in [9.17, 15) is 10.1 Å². The van der Waals surface area contributed by atoms with Crippen LogP contribution in [0.15, 0.2) is 29.1 Å². The lowest BCUT2D eigenvalue weighted by molar-refractivity contribution is 0.122. The second-order valence-corrected chi connectivity index (χ2v) is 6.96. The molecule has 0 radical (unpaired) electrons. The zero-order valence-corrected chi connectivity index (χ0v) is 15.3. The molecule has 2 aliphatic heterocycles. The quantitative estimate of drug-likeness (QED) is 0.876. The molecule has 1 N–H and O–H groups in total. The number of H-pyrrole nitrogens is 1. The van der Waals surface area contributed by atoms with Crippen LogP contribution in [0.4, 0.5) is 5.95 Å². The molecule has 140 valence electrons. The molecule has 7 nitrogen and oxygen atoms in total. The predicted molar refractivity (Wildman–Crippen MR) is 102 cm³/mol. The lowest BCUT2D eigenvalue weighted by Crippen LogP contribution is -2.38. The highest BCUT2D eigenvalue weighted by molar-refractivity contribution is 5.37. The second kappa shape index (κ2) is 7.91. The number of aromatic amines is 1. The third-order valence-corrected chi connectivity index (χ3v) is 5.27. The van der Waals surface area contributed by atoms with Gasteiger partial charge in [0.15, 0.2) is 0 Å². The van der Waals surface area contributed by atoms with Crippen LogP contribution in [0.5, 0.6) is 0 Å². The molecule has 0 amide bonds. The Bertz CT molecular complexity index is 911. The molecular formula is C20H23N5O2. The van der Waals surface area contributed by atoms with E-state index in [1.54, 1.807) is 0 Å². The number of nitrogens with zero attached hydrogens (tertiary/aromatic N) is 4. The molecule has 27 heavy (non-hydrogen) atoms. The first-order chi connectivity index (χ1) is 13.2. The Balaban J connectivity index is 1.52. The van der Waals surface area contributed by atoms with Crippen molar-refractivity contribution in [2.24, 2.45) is 0 Å². The number of anilines is 1. The van der Waals surface area contributed by atoms with E-state index in [2.05, 4.69) is 20.9 Å². The Labute approximate surface area is 158 Å². The number of nitrogens with one attached hydrogen (secondary N) is 1. The summed E-state index contributed by atoms with van der Waals surface area (Å²) in [4.78, 5) is 24.7. The van der Waals surface area contributed by atoms with E-state index < -0.39 is 0 Å². The van der Waals surface area contributed by atoms with Crippen LogP contribution >= 0.6 is 0 Å². The van der Waals surface area contributed by atoms with Crippen molar-refractivity contribution in [3.8, 4) is 6.07 Å². The predicted octanol–water partition coefficient (Wildman–Crippen LogP) is 1.08. The lowest BCUT2D eigenvalue weighted by atomic mass is 10.1. The van der Waals surface area contributed by atoms with E-state index in [-0.39, 0.29) is 5.56 Å². The summed E-state index contributed by atoms with van der Waals surface area (Å²) in [7, 11) is 0. The Morgan fingerprint density at radius 2 is 1.93 bits per heavy atom. The zero-order valence-electron chi connectivity index (χ0n) is 15.3. The molecule has 0 aliphatic carbocycles. The smallest absolute Gasteiger partial charge is 0.255 e. The van der Waals surface area contributed by atoms with Crippen molar-refractivity contribution in [2.75, 3.05) is 44.3 Å². The highest BCUT2D eigenvalue weighted by Crippen LogP contribution is 2.17. The van der Waals surface area contributed by atoms with Crippen molar-refractivity contribution < 1.29 is 4.74 Å². The maximum Gasteiger partial charge on any atom is 0.255 e. The average Bonchev–Trinajstić information content (AvgIpc) is 2.92. The summed E-state index contributed by atoms with van der Waals surface area (Å²) in [6, 6.07) is 9.96. The van der Waals surface area contributed by atoms with Gasteiger partial charge in [0.2, 0.25) is 5.95 Å². The van der Waals surface area contributed by atoms with Crippen molar-refractivity contribution in [3.63, 3.8) is 0 Å². The Morgan fingerprint density at radius 1 is 1.15 bits per heavy atom. The number of rotatable bonds is 3. The van der Waals surface area contributed by atoms with Gasteiger partial charge in [0.25, 0.3) is 5.56 Å². The first-order valence-corrected chi connectivity index (χ1v) is 9.40. The fraction of sp³-hybridized carbons (Fsp3) is 0.450. The fourth-order valence-corrected chi connectivity index (χ4v) is 3.73. The zero-order chi connectivity index (χ0) is 18.6. The van der Waals surface area contributed by atoms with Crippen LogP contribution in [0.1, 0.15) is 22.4 Å². The Morgan fingerprint density at radius 3 is 2.74 bits per heavy atom. The van der Waals surface area contributed by atoms with E-state index in [0.29, 0.717) is 37.7 Å². The SMILES string of the molecule is N#Cc1ccccc1CN1CCc2nc(N3CCOCC3)[nH]c(=O)c2CC1. The van der Waals surface area contributed by atoms with Crippen LogP contribution in [0.25, 0.3) is 0 Å². The summed E-state index contributed by atoms with van der Waals surface area (Å²) in [6.07, 6.45) is 1.42. The molecule has 2 aliphatic rings. The normalized spacial score (nSPS) is 17.8. The molecule has 7 heteroatoms. The number of benzene rings is 1. The lowest BCUT2D eigenvalue weighted by Gasteiger charge is -2.27. The van der Waals surface area contributed by atoms with E-state index in [0.717, 1.165) is 49.4 Å². The van der Waals surface area contributed by atoms with Gasteiger partial charge < -0.3 is 9.64 Å². The Kier molecular flexibility index (Phi) is 5.19. The van der Waals surface area contributed by atoms with Gasteiger partial charge in [-0.15, -0.1) is 0 Å². The van der Waals surface area contributed by atoms with Gasteiger partial charge in [-0.25, -0.2) is 4.98 Å². The van der Waals surface area contributed by atoms with E-state index in [1.807, 2.05) is 24.3 Å². The molecule has 1 saturated heterocycles. The van der Waals surface area contributed by atoms with Crippen molar-refractivity contribution in [2.45, 2.75) is 19.4 Å². The molecule has 2 aromatic rings. The largest absolute Gasteiger partial charge is 0.378 e. The molecule has 1 fully saturated rings. The third kappa shape index (κ3) is 3.87. The highest BCUT2D eigenvalue weighted by atomic mass is 16.5. The molecule has 1 aromatic heterocycles. The molecule has 0 spiro atoms. The molecule has 0 atom stereocenters. The van der Waals surface area contributed by atoms with E-state index in [4.69, 9.17) is 9.72 Å². The number of hydrogen-bond acceptors (Lipinski definition) is 6. The van der Waals surface area contributed by atoms with Crippen LogP contribution in [-0.4, -0.2) is 54.3 Å². The molecule has 1 aromatic carbocycles. The minimum atomic E-state index is -0.0271. The number of hydrogen-bond donors (Lipinski definition) is 1. The average molecular weight is 365 g/mol. The van der Waals surface area contributed by atoms with Gasteiger partial charge in [0, 0.05) is 44.7 Å². The van der Waals surface area contributed by atoms with E-state index >= 15 is 0 Å². The van der Waals surface area contributed by atoms with Crippen molar-refractivity contribution >= 4 is 5.95 Å². The molecule has 3 heterocycles. The van der Waals surface area contributed by atoms with Crippen LogP contribution in [0.2, 0.25) is 0 Å².